The molecule has 0 heterocycles. The first kappa shape index (κ1) is 10.2. The second-order valence-corrected chi connectivity index (χ2v) is 3.48. The minimum Gasteiger partial charge on any atom is -0.211 e. The molecule has 0 saturated carbocycles. The third-order valence-corrected chi connectivity index (χ3v) is 2.08. The number of aliphatic imine (C=N–C) groups is 1. The first-order valence-electron chi connectivity index (χ1n) is 4.26. The van der Waals surface area contributed by atoms with E-state index in [-0.39, 0.29) is 0 Å². The Morgan fingerprint density at radius 3 is 2.29 bits per heavy atom. The molecule has 0 aliphatic heterocycles. The number of benzene rings is 1. The van der Waals surface area contributed by atoms with Crippen LogP contribution in [0.25, 0.3) is 0 Å². The van der Waals surface area contributed by atoms with Crippen molar-refractivity contribution in [2.75, 3.05) is 0 Å². The summed E-state index contributed by atoms with van der Waals surface area (Å²) in [5.41, 5.74) is 1.23. The third kappa shape index (κ3) is 2.10. The molecule has 70 valence electrons. The summed E-state index contributed by atoms with van der Waals surface area (Å²) in [5.74, 6) is 2.53. The van der Waals surface area contributed by atoms with Crippen LogP contribution in [0.4, 0.5) is 0 Å². The molecule has 0 aromatic heterocycles. The van der Waals surface area contributed by atoms with Crippen molar-refractivity contribution in [2.24, 2.45) is 4.99 Å². The molecular formula is C12H11NO. The molecule has 0 atom stereocenters. The van der Waals surface area contributed by atoms with Gasteiger partial charge in [0.05, 0.1) is 5.54 Å². The molecule has 0 saturated heterocycles. The molecule has 0 aliphatic carbocycles. The molecule has 1 rings (SSSR count). The Hall–Kier alpha value is -1.84. The fraction of sp³-hybridized carbons (Fsp3) is 0.250. The van der Waals surface area contributed by atoms with Crippen molar-refractivity contribution in [3.63, 3.8) is 0 Å². The quantitative estimate of drug-likeness (QED) is 0.394. The van der Waals surface area contributed by atoms with Gasteiger partial charge in [-0.25, -0.2) is 4.79 Å². The minimum atomic E-state index is -0.533. The Morgan fingerprint density at radius 1 is 1.29 bits per heavy atom. The lowest BCUT2D eigenvalue weighted by atomic mass is 9.94. The molecule has 2 nitrogen and oxygen atoms in total. The van der Waals surface area contributed by atoms with Crippen molar-refractivity contribution in [3.05, 3.63) is 35.4 Å². The largest absolute Gasteiger partial charge is 0.235 e. The smallest absolute Gasteiger partial charge is 0.211 e. The minimum absolute atomic E-state index is 0.533. The predicted molar refractivity (Wildman–Crippen MR) is 55.5 cm³/mol. The maximum Gasteiger partial charge on any atom is 0.235 e. The van der Waals surface area contributed by atoms with Crippen LogP contribution < -0.4 is 0 Å². The zero-order valence-corrected chi connectivity index (χ0v) is 8.24. The Balaban J connectivity index is 3.10. The van der Waals surface area contributed by atoms with Crippen molar-refractivity contribution >= 4 is 6.08 Å². The van der Waals surface area contributed by atoms with Gasteiger partial charge in [-0.05, 0) is 31.5 Å². The van der Waals surface area contributed by atoms with E-state index in [9.17, 15) is 4.79 Å². The molecule has 14 heavy (non-hydrogen) atoms. The van der Waals surface area contributed by atoms with Gasteiger partial charge in [-0.15, -0.1) is 6.42 Å². The molecule has 1 aromatic carbocycles. The van der Waals surface area contributed by atoms with Gasteiger partial charge in [0.15, 0.2) is 0 Å². The van der Waals surface area contributed by atoms with Crippen molar-refractivity contribution in [3.8, 4) is 12.3 Å². The van der Waals surface area contributed by atoms with Gasteiger partial charge in [0.25, 0.3) is 0 Å². The van der Waals surface area contributed by atoms with E-state index < -0.39 is 5.54 Å². The van der Waals surface area contributed by atoms with Crippen LogP contribution in [-0.4, -0.2) is 6.08 Å². The zero-order chi connectivity index (χ0) is 10.6. The molecule has 2 heteroatoms. The second-order valence-electron chi connectivity index (χ2n) is 3.48. The van der Waals surface area contributed by atoms with E-state index in [1.54, 1.807) is 6.08 Å². The lowest BCUT2D eigenvalue weighted by molar-refractivity contribution is 0.523. The molecule has 0 unspecified atom stereocenters. The molecule has 0 aliphatic rings. The number of terminal acetylenes is 1. The highest BCUT2D eigenvalue weighted by Crippen LogP contribution is 2.23. The van der Waals surface area contributed by atoms with Gasteiger partial charge in [0.2, 0.25) is 6.08 Å². The SMILES string of the molecule is C#Cc1ccc(C(C)(C)N=C=O)cc1. The van der Waals surface area contributed by atoms with Crippen molar-refractivity contribution in [2.45, 2.75) is 19.4 Å². The summed E-state index contributed by atoms with van der Waals surface area (Å²) in [7, 11) is 0. The Morgan fingerprint density at radius 2 is 1.86 bits per heavy atom. The van der Waals surface area contributed by atoms with E-state index in [0.29, 0.717) is 0 Å². The average molecular weight is 185 g/mol. The van der Waals surface area contributed by atoms with Crippen LogP contribution in [0.5, 0.6) is 0 Å². The number of nitrogens with zero attached hydrogens (tertiary/aromatic N) is 1. The van der Waals surface area contributed by atoms with Gasteiger partial charge in [-0.2, -0.15) is 4.99 Å². The standard InChI is InChI=1S/C12H11NO/c1-4-10-5-7-11(8-6-10)12(2,3)13-9-14/h1,5-8H,2-3H3. The maximum absolute atomic E-state index is 10.2. The van der Waals surface area contributed by atoms with Crippen LogP contribution >= 0.6 is 0 Å². The van der Waals surface area contributed by atoms with Crippen molar-refractivity contribution < 1.29 is 4.79 Å². The fourth-order valence-corrected chi connectivity index (χ4v) is 1.15. The molecule has 0 radical (unpaired) electrons. The summed E-state index contributed by atoms with van der Waals surface area (Å²) in [4.78, 5) is 13.9. The Kier molecular flexibility index (Phi) is 2.86. The van der Waals surface area contributed by atoms with Crippen molar-refractivity contribution in [1.29, 1.82) is 0 Å². The number of rotatable bonds is 2. The average Bonchev–Trinajstić information content (AvgIpc) is 2.18. The molecule has 0 amide bonds. The highest BCUT2D eigenvalue weighted by Gasteiger charge is 2.18. The van der Waals surface area contributed by atoms with Gasteiger partial charge >= 0.3 is 0 Å². The van der Waals surface area contributed by atoms with Crippen molar-refractivity contribution in [1.82, 2.24) is 0 Å². The fourth-order valence-electron chi connectivity index (χ4n) is 1.15. The van der Waals surface area contributed by atoms with E-state index in [1.807, 2.05) is 38.1 Å². The topological polar surface area (TPSA) is 29.4 Å². The monoisotopic (exact) mass is 185 g/mol. The normalized spacial score (nSPS) is 10.1. The van der Waals surface area contributed by atoms with Gasteiger partial charge in [-0.1, -0.05) is 18.1 Å². The maximum atomic E-state index is 10.2. The first-order valence-corrected chi connectivity index (χ1v) is 4.26. The van der Waals surface area contributed by atoms with E-state index in [4.69, 9.17) is 6.42 Å². The van der Waals surface area contributed by atoms with Gasteiger partial charge < -0.3 is 0 Å². The molecule has 0 fully saturated rings. The van der Waals surface area contributed by atoms with E-state index in [0.717, 1.165) is 11.1 Å². The highest BCUT2D eigenvalue weighted by molar-refractivity contribution is 5.40. The summed E-state index contributed by atoms with van der Waals surface area (Å²) in [5, 5.41) is 0. The number of hydrogen-bond acceptors (Lipinski definition) is 2. The molecular weight excluding hydrogens is 174 g/mol. The van der Waals surface area contributed by atoms with Crippen LogP contribution in [0.15, 0.2) is 29.3 Å². The van der Waals surface area contributed by atoms with Crippen LogP contribution in [0, 0.1) is 12.3 Å². The van der Waals surface area contributed by atoms with E-state index in [2.05, 4.69) is 10.9 Å². The van der Waals surface area contributed by atoms with E-state index in [1.165, 1.54) is 0 Å². The van der Waals surface area contributed by atoms with Gasteiger partial charge in [0, 0.05) is 5.56 Å². The van der Waals surface area contributed by atoms with Crippen LogP contribution in [-0.2, 0) is 10.3 Å². The van der Waals surface area contributed by atoms with E-state index >= 15 is 0 Å². The Labute approximate surface area is 83.7 Å². The number of carbonyl (C=O) groups excluding carboxylic acids is 1. The second kappa shape index (κ2) is 3.91. The lowest BCUT2D eigenvalue weighted by Crippen LogP contribution is -2.13. The first-order chi connectivity index (χ1) is 6.60. The summed E-state index contributed by atoms with van der Waals surface area (Å²) < 4.78 is 0. The highest BCUT2D eigenvalue weighted by atomic mass is 16.1. The predicted octanol–water partition coefficient (Wildman–Crippen LogP) is 2.24. The molecule has 0 spiro atoms. The summed E-state index contributed by atoms with van der Waals surface area (Å²) in [6.07, 6.45) is 6.80. The van der Waals surface area contributed by atoms with Gasteiger partial charge in [0.1, 0.15) is 0 Å². The number of hydrogen-bond donors (Lipinski definition) is 0. The van der Waals surface area contributed by atoms with Crippen LogP contribution in [0.2, 0.25) is 0 Å². The van der Waals surface area contributed by atoms with Crippen LogP contribution in [0.3, 0.4) is 0 Å². The zero-order valence-electron chi connectivity index (χ0n) is 8.24. The number of isocyanates is 1. The summed E-state index contributed by atoms with van der Waals surface area (Å²) in [6.45, 7) is 3.70. The lowest BCUT2D eigenvalue weighted by Gasteiger charge is -2.17. The summed E-state index contributed by atoms with van der Waals surface area (Å²) in [6, 6.07) is 7.40. The molecule has 0 N–H and O–H groups in total. The molecule has 1 aromatic rings. The third-order valence-electron chi connectivity index (χ3n) is 2.08. The molecule has 0 bridgehead atoms. The summed E-state index contributed by atoms with van der Waals surface area (Å²) >= 11 is 0. The van der Waals surface area contributed by atoms with Gasteiger partial charge in [-0.3, -0.25) is 0 Å². The Bertz CT molecular complexity index is 403. The van der Waals surface area contributed by atoms with Crippen LogP contribution in [0.1, 0.15) is 25.0 Å².